The summed E-state index contributed by atoms with van der Waals surface area (Å²) in [7, 11) is 0. The molecule has 26 heavy (non-hydrogen) atoms. The number of nitrogens with one attached hydrogen (secondary N) is 1. The molecule has 1 fully saturated rings. The van der Waals surface area contributed by atoms with Crippen molar-refractivity contribution in [1.29, 1.82) is 0 Å². The van der Waals surface area contributed by atoms with Gasteiger partial charge in [0.15, 0.2) is 0 Å². The van der Waals surface area contributed by atoms with Crippen LogP contribution in [0.1, 0.15) is 46.4 Å². The summed E-state index contributed by atoms with van der Waals surface area (Å²) in [4.78, 5) is 9.18. The van der Waals surface area contributed by atoms with Crippen molar-refractivity contribution in [3.8, 4) is 0 Å². The minimum atomic E-state index is 0.0761. The van der Waals surface area contributed by atoms with Crippen LogP contribution in [0.4, 0.5) is 5.00 Å². The van der Waals surface area contributed by atoms with Gasteiger partial charge in [-0.25, -0.2) is 9.67 Å². The average Bonchev–Trinajstić information content (AvgIpc) is 3.20. The number of nitrogens with zero attached hydrogens (tertiary/aromatic N) is 4. The lowest BCUT2D eigenvalue weighted by atomic mass is 9.93. The molecule has 1 saturated heterocycles. The Labute approximate surface area is 157 Å². The standard InChI is InChI=1S/C19H25N5OS/c1-12-11-13(2)24(22-12)19-20-17(23-7-9-25-10-8-23)16-14-5-3-4-6-15(14)26-18(16)21-19/h11,17H,3-10H2,1-2H3,(H,20,21)/t17-/m0/s1. The van der Waals surface area contributed by atoms with Gasteiger partial charge in [-0.1, -0.05) is 0 Å². The Morgan fingerprint density at radius 2 is 2.00 bits per heavy atom. The van der Waals surface area contributed by atoms with Crippen LogP contribution < -0.4 is 5.32 Å². The predicted molar refractivity (Wildman–Crippen MR) is 104 cm³/mol. The Hall–Kier alpha value is -1.70. The van der Waals surface area contributed by atoms with Gasteiger partial charge in [0.25, 0.3) is 0 Å². The molecular formula is C19H25N5OS. The third-order valence-corrected chi connectivity index (χ3v) is 6.77. The average molecular weight is 372 g/mol. The molecule has 1 atom stereocenters. The molecule has 0 spiro atoms. The normalized spacial score (nSPS) is 23.2. The summed E-state index contributed by atoms with van der Waals surface area (Å²) < 4.78 is 7.53. The van der Waals surface area contributed by atoms with Gasteiger partial charge in [0, 0.05) is 29.2 Å². The van der Waals surface area contributed by atoms with Gasteiger partial charge in [0.1, 0.15) is 11.2 Å². The van der Waals surface area contributed by atoms with Crippen LogP contribution in [0, 0.1) is 13.8 Å². The van der Waals surface area contributed by atoms with Crippen LogP contribution >= 0.6 is 11.3 Å². The minimum absolute atomic E-state index is 0.0761. The zero-order chi connectivity index (χ0) is 17.7. The topological polar surface area (TPSA) is 54.7 Å². The molecular weight excluding hydrogens is 346 g/mol. The van der Waals surface area contributed by atoms with Crippen LogP contribution in [0.3, 0.4) is 0 Å². The van der Waals surface area contributed by atoms with Crippen LogP contribution in [-0.2, 0) is 17.6 Å². The van der Waals surface area contributed by atoms with E-state index in [1.54, 1.807) is 10.4 Å². The molecule has 1 aliphatic carbocycles. The molecule has 4 heterocycles. The number of aryl methyl sites for hydroxylation is 3. The molecule has 0 amide bonds. The fourth-order valence-corrected chi connectivity index (χ4v) is 5.62. The van der Waals surface area contributed by atoms with Gasteiger partial charge in [-0.05, 0) is 51.2 Å². The molecule has 6 nitrogen and oxygen atoms in total. The number of aromatic nitrogens is 2. The number of hydrogen-bond acceptors (Lipinski definition) is 6. The maximum atomic E-state index is 5.59. The summed E-state index contributed by atoms with van der Waals surface area (Å²) in [5, 5.41) is 9.53. The maximum absolute atomic E-state index is 5.59. The summed E-state index contributed by atoms with van der Waals surface area (Å²) in [5.74, 6) is 0.846. The third-order valence-electron chi connectivity index (χ3n) is 5.54. The molecule has 0 saturated carbocycles. The molecule has 7 heteroatoms. The summed E-state index contributed by atoms with van der Waals surface area (Å²) in [5.41, 5.74) is 5.10. The zero-order valence-corrected chi connectivity index (χ0v) is 16.2. The number of morpholine rings is 1. The number of thiophene rings is 1. The van der Waals surface area contributed by atoms with Gasteiger partial charge in [-0.3, -0.25) is 4.90 Å². The van der Waals surface area contributed by atoms with E-state index >= 15 is 0 Å². The van der Waals surface area contributed by atoms with Gasteiger partial charge in [-0.15, -0.1) is 11.3 Å². The number of fused-ring (bicyclic) bond motifs is 3. The number of rotatable bonds is 1. The Balaban J connectivity index is 1.61. The predicted octanol–water partition coefficient (Wildman–Crippen LogP) is 3.10. The molecule has 0 unspecified atom stereocenters. The number of ether oxygens (including phenoxy) is 1. The second-order valence-electron chi connectivity index (χ2n) is 7.39. The minimum Gasteiger partial charge on any atom is -0.379 e. The van der Waals surface area contributed by atoms with Crippen LogP contribution in [0.2, 0.25) is 0 Å². The molecule has 1 N–H and O–H groups in total. The van der Waals surface area contributed by atoms with E-state index in [2.05, 4.69) is 28.3 Å². The molecule has 2 aromatic heterocycles. The molecule has 5 rings (SSSR count). The van der Waals surface area contributed by atoms with Crippen molar-refractivity contribution in [2.45, 2.75) is 45.7 Å². The largest absolute Gasteiger partial charge is 0.379 e. The highest BCUT2D eigenvalue weighted by atomic mass is 32.1. The van der Waals surface area contributed by atoms with Crippen molar-refractivity contribution in [3.63, 3.8) is 0 Å². The lowest BCUT2D eigenvalue weighted by molar-refractivity contribution is 0.0176. The summed E-state index contributed by atoms with van der Waals surface area (Å²) in [6, 6.07) is 2.10. The van der Waals surface area contributed by atoms with Gasteiger partial charge in [0.05, 0.1) is 18.9 Å². The highest BCUT2D eigenvalue weighted by molar-refractivity contribution is 7.16. The van der Waals surface area contributed by atoms with Crippen molar-refractivity contribution in [1.82, 2.24) is 14.7 Å². The van der Waals surface area contributed by atoms with E-state index in [-0.39, 0.29) is 6.17 Å². The van der Waals surface area contributed by atoms with Crippen molar-refractivity contribution in [2.24, 2.45) is 4.99 Å². The van der Waals surface area contributed by atoms with Gasteiger partial charge in [0.2, 0.25) is 5.96 Å². The van der Waals surface area contributed by atoms with Crippen LogP contribution in [0.15, 0.2) is 11.1 Å². The summed E-state index contributed by atoms with van der Waals surface area (Å²) in [6.07, 6.45) is 5.07. The maximum Gasteiger partial charge on any atom is 0.226 e. The molecule has 0 radical (unpaired) electrons. The Kier molecular flexibility index (Phi) is 4.10. The van der Waals surface area contributed by atoms with Gasteiger partial charge in [-0.2, -0.15) is 5.10 Å². The fourth-order valence-electron chi connectivity index (χ4n) is 4.31. The monoisotopic (exact) mass is 371 g/mol. The summed E-state index contributed by atoms with van der Waals surface area (Å²) >= 11 is 1.93. The molecule has 2 aromatic rings. The summed E-state index contributed by atoms with van der Waals surface area (Å²) in [6.45, 7) is 7.56. The quantitative estimate of drug-likeness (QED) is 0.837. The van der Waals surface area contributed by atoms with Gasteiger partial charge >= 0.3 is 0 Å². The van der Waals surface area contributed by atoms with E-state index in [0.29, 0.717) is 0 Å². The van der Waals surface area contributed by atoms with Crippen molar-refractivity contribution >= 4 is 22.3 Å². The second-order valence-corrected chi connectivity index (χ2v) is 8.50. The first-order valence-corrected chi connectivity index (χ1v) is 10.4. The van der Waals surface area contributed by atoms with E-state index in [4.69, 9.17) is 9.73 Å². The number of hydrogen-bond donors (Lipinski definition) is 1. The van der Waals surface area contributed by atoms with Crippen LogP contribution in [-0.4, -0.2) is 46.9 Å². The Morgan fingerprint density at radius 1 is 1.19 bits per heavy atom. The first kappa shape index (κ1) is 16.5. The Bertz CT molecular complexity index is 862. The van der Waals surface area contributed by atoms with E-state index in [0.717, 1.165) is 43.7 Å². The van der Waals surface area contributed by atoms with E-state index in [1.165, 1.54) is 36.2 Å². The SMILES string of the molecule is Cc1cc(C)n(C2=N[C@@H](N3CCOCC3)c3c(sc4c3CCCC4)N2)n1. The van der Waals surface area contributed by atoms with E-state index < -0.39 is 0 Å². The lowest BCUT2D eigenvalue weighted by Gasteiger charge is -2.35. The highest BCUT2D eigenvalue weighted by Crippen LogP contribution is 2.45. The van der Waals surface area contributed by atoms with E-state index in [1.807, 2.05) is 22.9 Å². The first-order chi connectivity index (χ1) is 12.7. The van der Waals surface area contributed by atoms with Crippen molar-refractivity contribution < 1.29 is 4.74 Å². The number of aliphatic imine (C=N–C) groups is 1. The van der Waals surface area contributed by atoms with E-state index in [9.17, 15) is 0 Å². The van der Waals surface area contributed by atoms with Crippen LogP contribution in [0.5, 0.6) is 0 Å². The molecule has 2 aliphatic heterocycles. The molecule has 138 valence electrons. The third kappa shape index (κ3) is 2.69. The first-order valence-electron chi connectivity index (χ1n) is 9.55. The molecule has 3 aliphatic rings. The fraction of sp³-hybridized carbons (Fsp3) is 0.579. The second kappa shape index (κ2) is 6.48. The molecule has 0 aromatic carbocycles. The zero-order valence-electron chi connectivity index (χ0n) is 15.4. The van der Waals surface area contributed by atoms with Crippen molar-refractivity contribution in [3.05, 3.63) is 33.5 Å². The van der Waals surface area contributed by atoms with Crippen molar-refractivity contribution in [2.75, 3.05) is 31.6 Å². The smallest absolute Gasteiger partial charge is 0.226 e. The number of anilines is 1. The Morgan fingerprint density at radius 3 is 2.77 bits per heavy atom. The van der Waals surface area contributed by atoms with Crippen LogP contribution in [0.25, 0.3) is 0 Å². The molecule has 0 bridgehead atoms. The van der Waals surface area contributed by atoms with Gasteiger partial charge < -0.3 is 10.1 Å². The highest BCUT2D eigenvalue weighted by Gasteiger charge is 2.35. The lowest BCUT2D eigenvalue weighted by Crippen LogP contribution is -2.41.